The zero-order valence-corrected chi connectivity index (χ0v) is 11.5. The van der Waals surface area contributed by atoms with Crippen LogP contribution in [0.5, 0.6) is 0 Å². The fraction of sp³-hybridized carbons (Fsp3) is 0.333. The zero-order valence-electron chi connectivity index (χ0n) is 10.7. The van der Waals surface area contributed by atoms with E-state index in [4.69, 9.17) is 0 Å². The van der Waals surface area contributed by atoms with Gasteiger partial charge in [-0.1, -0.05) is 6.07 Å². The fourth-order valence-electron chi connectivity index (χ4n) is 1.60. The highest BCUT2D eigenvalue weighted by molar-refractivity contribution is 7.12. The molecule has 0 unspecified atom stereocenters. The molecule has 0 saturated heterocycles. The van der Waals surface area contributed by atoms with Crippen molar-refractivity contribution in [3.05, 3.63) is 28.2 Å². The van der Waals surface area contributed by atoms with Crippen molar-refractivity contribution in [1.82, 2.24) is 14.8 Å². The number of hydrogen-bond donors (Lipinski definition) is 1. The van der Waals surface area contributed by atoms with Crippen LogP contribution in [0.4, 0.5) is 5.95 Å². The number of hydrogen-bond acceptors (Lipinski definition) is 5. The van der Waals surface area contributed by atoms with Crippen LogP contribution in [0.3, 0.4) is 0 Å². The molecule has 0 aromatic carbocycles. The number of ketones is 1. The summed E-state index contributed by atoms with van der Waals surface area (Å²) in [6.45, 7) is 1.75. The number of nitrogens with zero attached hydrogens (tertiary/aromatic N) is 3. The summed E-state index contributed by atoms with van der Waals surface area (Å²) in [6.07, 6.45) is 0.339. The van der Waals surface area contributed by atoms with Crippen LogP contribution in [-0.2, 0) is 11.8 Å². The van der Waals surface area contributed by atoms with E-state index in [2.05, 4.69) is 15.4 Å². The molecule has 6 nitrogen and oxygen atoms in total. The lowest BCUT2D eigenvalue weighted by molar-refractivity contribution is -0.116. The van der Waals surface area contributed by atoms with Gasteiger partial charge in [0.05, 0.1) is 4.88 Å². The monoisotopic (exact) mass is 278 g/mol. The summed E-state index contributed by atoms with van der Waals surface area (Å²) >= 11 is 1.38. The number of carbonyl (C=O) groups excluding carboxylic acids is 2. The number of carbonyl (C=O) groups is 2. The van der Waals surface area contributed by atoms with Gasteiger partial charge in [-0.05, 0) is 18.4 Å². The molecule has 0 aliphatic rings. The summed E-state index contributed by atoms with van der Waals surface area (Å²) < 4.78 is 1.49. The maximum absolute atomic E-state index is 11.7. The Morgan fingerprint density at radius 2 is 2.21 bits per heavy atom. The molecule has 0 bridgehead atoms. The van der Waals surface area contributed by atoms with E-state index >= 15 is 0 Å². The molecule has 2 aromatic heterocycles. The van der Waals surface area contributed by atoms with Crippen LogP contribution < -0.4 is 5.32 Å². The topological polar surface area (TPSA) is 76.9 Å². The summed E-state index contributed by atoms with van der Waals surface area (Å²) in [4.78, 5) is 28.2. The molecule has 2 heterocycles. The predicted octanol–water partition coefficient (Wildman–Crippen LogP) is 1.79. The number of amides is 1. The van der Waals surface area contributed by atoms with Crippen molar-refractivity contribution in [1.29, 1.82) is 0 Å². The normalized spacial score (nSPS) is 10.4. The van der Waals surface area contributed by atoms with Gasteiger partial charge in [0.15, 0.2) is 5.78 Å². The minimum absolute atomic E-state index is 0.0145. The number of anilines is 1. The van der Waals surface area contributed by atoms with Gasteiger partial charge in [-0.2, -0.15) is 10.1 Å². The highest BCUT2D eigenvalue weighted by Crippen LogP contribution is 2.12. The lowest BCUT2D eigenvalue weighted by Gasteiger charge is -2.02. The average molecular weight is 278 g/mol. The molecule has 0 fully saturated rings. The quantitative estimate of drug-likeness (QED) is 0.846. The molecule has 0 radical (unpaired) electrons. The van der Waals surface area contributed by atoms with Crippen molar-refractivity contribution in [3.8, 4) is 0 Å². The molecule has 2 aromatic rings. The average Bonchev–Trinajstić information content (AvgIpc) is 2.97. The Labute approximate surface area is 114 Å². The van der Waals surface area contributed by atoms with Crippen molar-refractivity contribution in [3.63, 3.8) is 0 Å². The van der Waals surface area contributed by atoms with E-state index in [9.17, 15) is 9.59 Å². The molecule has 0 aliphatic carbocycles. The lowest BCUT2D eigenvalue weighted by atomic mass is 10.2. The van der Waals surface area contributed by atoms with Crippen molar-refractivity contribution >= 4 is 29.0 Å². The molecule has 0 aliphatic heterocycles. The highest BCUT2D eigenvalue weighted by atomic mass is 32.1. The standard InChI is InChI=1S/C12H14N4O2S/c1-8-13-12(16(2)15-8)14-11(18)6-5-9(17)10-4-3-7-19-10/h3-4,7H,5-6H2,1-2H3,(H,13,14,15,18). The third kappa shape index (κ3) is 3.47. The number of Topliss-reactive ketones (excluding diaryl/α,β-unsaturated/α-hetero) is 1. The number of nitrogens with one attached hydrogen (secondary N) is 1. The number of thiophene rings is 1. The Morgan fingerprint density at radius 3 is 2.79 bits per heavy atom. The van der Waals surface area contributed by atoms with E-state index in [1.165, 1.54) is 16.0 Å². The molecular formula is C12H14N4O2S. The van der Waals surface area contributed by atoms with Crippen LogP contribution in [0.25, 0.3) is 0 Å². The summed E-state index contributed by atoms with van der Waals surface area (Å²) in [5, 5.41) is 8.50. The lowest BCUT2D eigenvalue weighted by Crippen LogP contribution is -2.16. The smallest absolute Gasteiger partial charge is 0.227 e. The molecular weight excluding hydrogens is 264 g/mol. The van der Waals surface area contributed by atoms with E-state index in [1.54, 1.807) is 20.0 Å². The van der Waals surface area contributed by atoms with Gasteiger partial charge in [0.1, 0.15) is 5.82 Å². The molecule has 19 heavy (non-hydrogen) atoms. The van der Waals surface area contributed by atoms with E-state index in [0.29, 0.717) is 16.6 Å². The third-order valence-corrected chi connectivity index (χ3v) is 3.41. The SMILES string of the molecule is Cc1nc(NC(=O)CCC(=O)c2cccs2)n(C)n1. The Morgan fingerprint density at radius 1 is 1.42 bits per heavy atom. The highest BCUT2D eigenvalue weighted by Gasteiger charge is 2.12. The Kier molecular flexibility index (Phi) is 4.06. The van der Waals surface area contributed by atoms with Crippen LogP contribution in [0.1, 0.15) is 28.3 Å². The van der Waals surface area contributed by atoms with Crippen molar-refractivity contribution in [2.75, 3.05) is 5.32 Å². The van der Waals surface area contributed by atoms with Crippen LogP contribution in [0, 0.1) is 6.92 Å². The molecule has 0 spiro atoms. The molecule has 7 heteroatoms. The predicted molar refractivity (Wildman–Crippen MR) is 72.3 cm³/mol. The van der Waals surface area contributed by atoms with Crippen molar-refractivity contribution < 1.29 is 9.59 Å². The van der Waals surface area contributed by atoms with Gasteiger partial charge in [0, 0.05) is 19.9 Å². The van der Waals surface area contributed by atoms with Crippen LogP contribution in [0.2, 0.25) is 0 Å². The minimum atomic E-state index is -0.236. The minimum Gasteiger partial charge on any atom is -0.295 e. The van der Waals surface area contributed by atoms with Gasteiger partial charge >= 0.3 is 0 Å². The van der Waals surface area contributed by atoms with Gasteiger partial charge in [-0.15, -0.1) is 11.3 Å². The van der Waals surface area contributed by atoms with Gasteiger partial charge in [-0.25, -0.2) is 4.68 Å². The molecule has 0 atom stereocenters. The molecule has 1 amide bonds. The summed E-state index contributed by atoms with van der Waals surface area (Å²) in [7, 11) is 1.70. The first-order valence-electron chi connectivity index (χ1n) is 5.80. The number of aryl methyl sites for hydroxylation is 2. The molecule has 100 valence electrons. The fourth-order valence-corrected chi connectivity index (χ4v) is 2.29. The first kappa shape index (κ1) is 13.4. The van der Waals surface area contributed by atoms with E-state index in [1.807, 2.05) is 11.4 Å². The first-order chi connectivity index (χ1) is 9.06. The van der Waals surface area contributed by atoms with Gasteiger partial charge in [0.25, 0.3) is 0 Å². The molecule has 0 saturated carbocycles. The van der Waals surface area contributed by atoms with Crippen LogP contribution in [0.15, 0.2) is 17.5 Å². The zero-order chi connectivity index (χ0) is 13.8. The largest absolute Gasteiger partial charge is 0.295 e. The van der Waals surface area contributed by atoms with Gasteiger partial charge in [-0.3, -0.25) is 14.9 Å². The summed E-state index contributed by atoms with van der Waals surface area (Å²) in [6, 6.07) is 3.58. The van der Waals surface area contributed by atoms with E-state index in [0.717, 1.165) is 0 Å². The van der Waals surface area contributed by atoms with Gasteiger partial charge < -0.3 is 0 Å². The number of rotatable bonds is 5. The number of aromatic nitrogens is 3. The summed E-state index contributed by atoms with van der Waals surface area (Å²) in [5.74, 6) is 0.734. The maximum atomic E-state index is 11.7. The van der Waals surface area contributed by atoms with Gasteiger partial charge in [0.2, 0.25) is 11.9 Å². The Hall–Kier alpha value is -2.02. The summed E-state index contributed by atoms with van der Waals surface area (Å²) in [5.41, 5.74) is 0. The van der Waals surface area contributed by atoms with Crippen LogP contribution >= 0.6 is 11.3 Å². The molecule has 1 N–H and O–H groups in total. The second-order valence-corrected chi connectivity index (χ2v) is 5.00. The van der Waals surface area contributed by atoms with E-state index in [-0.39, 0.29) is 24.5 Å². The van der Waals surface area contributed by atoms with Crippen molar-refractivity contribution in [2.45, 2.75) is 19.8 Å². The van der Waals surface area contributed by atoms with Crippen molar-refractivity contribution in [2.24, 2.45) is 7.05 Å². The second-order valence-electron chi connectivity index (χ2n) is 4.05. The second kappa shape index (κ2) is 5.75. The van der Waals surface area contributed by atoms with Crippen LogP contribution in [-0.4, -0.2) is 26.5 Å². The molecule has 2 rings (SSSR count). The third-order valence-electron chi connectivity index (χ3n) is 2.50. The Bertz CT molecular complexity index is 589. The Balaban J connectivity index is 1.85. The maximum Gasteiger partial charge on any atom is 0.227 e. The van der Waals surface area contributed by atoms with E-state index < -0.39 is 0 Å². The first-order valence-corrected chi connectivity index (χ1v) is 6.68.